The molecule has 0 fully saturated rings. The Hall–Kier alpha value is -2.44. The fourth-order valence-corrected chi connectivity index (χ4v) is 3.51. The third kappa shape index (κ3) is 4.55. The minimum Gasteiger partial charge on any atom is -0.366 e. The van der Waals surface area contributed by atoms with Crippen LogP contribution in [0.4, 0.5) is 5.69 Å². The summed E-state index contributed by atoms with van der Waals surface area (Å²) in [5, 5.41) is 8.95. The van der Waals surface area contributed by atoms with Gasteiger partial charge in [0.2, 0.25) is 0 Å². The molecule has 0 spiro atoms. The number of benzene rings is 2. The molecule has 0 aliphatic carbocycles. The molecule has 128 valence electrons. The summed E-state index contributed by atoms with van der Waals surface area (Å²) in [5.74, 6) is 0. The standard InChI is InChI=1S/C19H20N4S2/c1-20-18(24)21-12-13-23-17(15-8-4-2-5-9-15)14-25-19(23)22-16-10-6-3-7-11-16/h2-11,14H,12-13H2,1H3,(H2,20,21,24). The molecule has 25 heavy (non-hydrogen) atoms. The van der Waals surface area contributed by atoms with Crippen molar-refractivity contribution in [1.82, 2.24) is 15.2 Å². The molecule has 0 aliphatic rings. The van der Waals surface area contributed by atoms with Gasteiger partial charge in [0.1, 0.15) is 0 Å². The quantitative estimate of drug-likeness (QED) is 0.677. The summed E-state index contributed by atoms with van der Waals surface area (Å²) in [4.78, 5) is 5.78. The molecular weight excluding hydrogens is 348 g/mol. The van der Waals surface area contributed by atoms with E-state index in [0.29, 0.717) is 5.11 Å². The van der Waals surface area contributed by atoms with Gasteiger partial charge in [-0.05, 0) is 29.9 Å². The first kappa shape index (κ1) is 17.4. The Balaban J connectivity index is 1.96. The van der Waals surface area contributed by atoms with Gasteiger partial charge in [-0.2, -0.15) is 0 Å². The van der Waals surface area contributed by atoms with Crippen molar-refractivity contribution in [2.75, 3.05) is 13.6 Å². The number of nitrogens with zero attached hydrogens (tertiary/aromatic N) is 2. The van der Waals surface area contributed by atoms with Crippen molar-refractivity contribution in [2.45, 2.75) is 6.54 Å². The summed E-state index contributed by atoms with van der Waals surface area (Å²) >= 11 is 6.81. The lowest BCUT2D eigenvalue weighted by molar-refractivity contribution is 0.661. The highest BCUT2D eigenvalue weighted by Crippen LogP contribution is 2.20. The molecule has 2 aromatic carbocycles. The fraction of sp³-hybridized carbons (Fsp3) is 0.158. The van der Waals surface area contributed by atoms with Crippen molar-refractivity contribution in [3.05, 3.63) is 70.8 Å². The predicted molar refractivity (Wildman–Crippen MR) is 109 cm³/mol. The van der Waals surface area contributed by atoms with E-state index in [1.165, 1.54) is 5.56 Å². The van der Waals surface area contributed by atoms with Gasteiger partial charge < -0.3 is 15.2 Å². The number of hydrogen-bond acceptors (Lipinski definition) is 3. The van der Waals surface area contributed by atoms with Crippen molar-refractivity contribution >= 4 is 34.4 Å². The summed E-state index contributed by atoms with van der Waals surface area (Å²) in [5.41, 5.74) is 3.30. The van der Waals surface area contributed by atoms with E-state index in [2.05, 4.69) is 44.8 Å². The molecule has 4 nitrogen and oxygen atoms in total. The summed E-state index contributed by atoms with van der Waals surface area (Å²) < 4.78 is 2.23. The maximum atomic E-state index is 5.16. The van der Waals surface area contributed by atoms with Crippen LogP contribution in [0.15, 0.2) is 71.0 Å². The summed E-state index contributed by atoms with van der Waals surface area (Å²) in [6, 6.07) is 20.4. The summed E-state index contributed by atoms with van der Waals surface area (Å²) in [6.07, 6.45) is 0. The third-order valence-corrected chi connectivity index (χ3v) is 4.91. The largest absolute Gasteiger partial charge is 0.366 e. The van der Waals surface area contributed by atoms with Crippen LogP contribution >= 0.6 is 23.6 Å². The second-order valence-electron chi connectivity index (χ2n) is 5.37. The van der Waals surface area contributed by atoms with Crippen LogP contribution in [0.1, 0.15) is 0 Å². The van der Waals surface area contributed by atoms with Gasteiger partial charge in [-0.15, -0.1) is 11.3 Å². The average molecular weight is 369 g/mol. The van der Waals surface area contributed by atoms with E-state index in [1.807, 2.05) is 43.4 Å². The second kappa shape index (κ2) is 8.60. The molecule has 1 aromatic heterocycles. The Bertz CT molecular complexity index is 883. The highest BCUT2D eigenvalue weighted by molar-refractivity contribution is 7.80. The Kier molecular flexibility index (Phi) is 5.98. The van der Waals surface area contributed by atoms with Crippen LogP contribution in [0.5, 0.6) is 0 Å². The normalized spacial score (nSPS) is 11.3. The lowest BCUT2D eigenvalue weighted by Crippen LogP contribution is -2.35. The van der Waals surface area contributed by atoms with Crippen molar-refractivity contribution in [3.8, 4) is 11.3 Å². The first-order chi connectivity index (χ1) is 12.3. The number of thiocarbonyl (C=S) groups is 1. The number of hydrogen-bond donors (Lipinski definition) is 2. The lowest BCUT2D eigenvalue weighted by Gasteiger charge is -2.11. The van der Waals surface area contributed by atoms with Crippen LogP contribution in [-0.2, 0) is 6.54 Å². The highest BCUT2D eigenvalue weighted by atomic mass is 32.1. The number of nitrogens with one attached hydrogen (secondary N) is 2. The monoisotopic (exact) mass is 368 g/mol. The van der Waals surface area contributed by atoms with Crippen molar-refractivity contribution in [2.24, 2.45) is 4.99 Å². The van der Waals surface area contributed by atoms with Crippen LogP contribution in [0.2, 0.25) is 0 Å². The zero-order valence-electron chi connectivity index (χ0n) is 14.0. The minimum atomic E-state index is 0.652. The molecule has 0 radical (unpaired) electrons. The van der Waals surface area contributed by atoms with E-state index in [9.17, 15) is 0 Å². The topological polar surface area (TPSA) is 41.3 Å². The first-order valence-corrected chi connectivity index (χ1v) is 9.36. The zero-order valence-corrected chi connectivity index (χ0v) is 15.6. The second-order valence-corrected chi connectivity index (χ2v) is 6.62. The molecule has 0 amide bonds. The molecule has 3 rings (SSSR count). The number of aromatic nitrogens is 1. The Morgan fingerprint density at radius 2 is 1.76 bits per heavy atom. The number of thiazole rings is 1. The molecule has 1 heterocycles. The van der Waals surface area contributed by atoms with Crippen LogP contribution in [0, 0.1) is 0 Å². The van der Waals surface area contributed by atoms with Crippen LogP contribution < -0.4 is 15.4 Å². The van der Waals surface area contributed by atoms with E-state index < -0.39 is 0 Å². The van der Waals surface area contributed by atoms with Gasteiger partial charge in [0.15, 0.2) is 9.91 Å². The maximum Gasteiger partial charge on any atom is 0.190 e. The Morgan fingerprint density at radius 1 is 1.08 bits per heavy atom. The van der Waals surface area contributed by atoms with Crippen LogP contribution in [0.3, 0.4) is 0 Å². The van der Waals surface area contributed by atoms with Crippen molar-refractivity contribution < 1.29 is 0 Å². The molecule has 0 bridgehead atoms. The lowest BCUT2D eigenvalue weighted by atomic mass is 10.2. The zero-order chi connectivity index (χ0) is 17.5. The maximum absolute atomic E-state index is 5.16. The minimum absolute atomic E-state index is 0.652. The number of rotatable bonds is 5. The molecule has 6 heteroatoms. The van der Waals surface area contributed by atoms with E-state index >= 15 is 0 Å². The molecule has 0 aliphatic heterocycles. The molecular formula is C19H20N4S2. The average Bonchev–Trinajstić information content (AvgIpc) is 3.05. The fourth-order valence-electron chi connectivity index (χ4n) is 2.46. The third-order valence-electron chi connectivity index (χ3n) is 3.70. The summed E-state index contributed by atoms with van der Waals surface area (Å²) in [6.45, 7) is 1.51. The van der Waals surface area contributed by atoms with Gasteiger partial charge in [0, 0.05) is 25.5 Å². The van der Waals surface area contributed by atoms with Gasteiger partial charge in [0.05, 0.1) is 11.4 Å². The molecule has 3 aromatic rings. The molecule has 0 saturated carbocycles. The van der Waals surface area contributed by atoms with Crippen LogP contribution in [0.25, 0.3) is 11.3 Å². The van der Waals surface area contributed by atoms with Crippen molar-refractivity contribution in [3.63, 3.8) is 0 Å². The van der Waals surface area contributed by atoms with Gasteiger partial charge >= 0.3 is 0 Å². The summed E-state index contributed by atoms with van der Waals surface area (Å²) in [7, 11) is 1.82. The van der Waals surface area contributed by atoms with Crippen LogP contribution in [-0.4, -0.2) is 23.3 Å². The highest BCUT2D eigenvalue weighted by Gasteiger charge is 2.08. The van der Waals surface area contributed by atoms with Gasteiger partial charge in [-0.1, -0.05) is 48.5 Å². The SMILES string of the molecule is CNC(=S)NCCn1c(-c2ccccc2)csc1=Nc1ccccc1. The van der Waals surface area contributed by atoms with E-state index in [1.54, 1.807) is 11.3 Å². The van der Waals surface area contributed by atoms with Crippen molar-refractivity contribution in [1.29, 1.82) is 0 Å². The van der Waals surface area contributed by atoms with E-state index in [0.717, 1.165) is 29.3 Å². The molecule has 0 atom stereocenters. The van der Waals surface area contributed by atoms with Gasteiger partial charge in [-0.3, -0.25) is 0 Å². The smallest absolute Gasteiger partial charge is 0.190 e. The first-order valence-electron chi connectivity index (χ1n) is 8.07. The van der Waals surface area contributed by atoms with Gasteiger partial charge in [0.25, 0.3) is 0 Å². The van der Waals surface area contributed by atoms with E-state index in [-0.39, 0.29) is 0 Å². The van der Waals surface area contributed by atoms with E-state index in [4.69, 9.17) is 17.2 Å². The number of para-hydroxylation sites is 1. The molecule has 0 saturated heterocycles. The molecule has 0 unspecified atom stereocenters. The Labute approximate surface area is 156 Å². The van der Waals surface area contributed by atoms with Gasteiger partial charge in [-0.25, -0.2) is 4.99 Å². The molecule has 2 N–H and O–H groups in total. The Morgan fingerprint density at radius 3 is 2.44 bits per heavy atom. The predicted octanol–water partition coefficient (Wildman–Crippen LogP) is 3.54.